The molecule has 1 aromatic heterocycles. The molecule has 0 aliphatic carbocycles. The second-order valence-electron chi connectivity index (χ2n) is 5.32. The second-order valence-corrected chi connectivity index (χ2v) is 7.48. The molecule has 1 aromatic rings. The van der Waals surface area contributed by atoms with E-state index in [1.165, 1.54) is 0 Å². The molecule has 0 aromatic carbocycles. The second kappa shape index (κ2) is 5.19. The highest BCUT2D eigenvalue weighted by Gasteiger charge is 2.45. The molecular formula is C13H19N3O2S. The molecule has 0 bridgehead atoms. The average molecular weight is 281 g/mol. The SMILES string of the molecule is O=S1(=O)[C@@H]2CCNCC[C@@H]2CN1Cc1cccnc1. The molecule has 1 N–H and O–H groups in total. The maximum atomic E-state index is 12.6. The van der Waals surface area contributed by atoms with E-state index in [1.54, 1.807) is 16.7 Å². The highest BCUT2D eigenvalue weighted by molar-refractivity contribution is 7.90. The van der Waals surface area contributed by atoms with E-state index >= 15 is 0 Å². The standard InChI is InChI=1S/C13H19N3O2S/c17-19(18)13-4-7-14-6-3-12(13)10-16(19)9-11-2-1-5-15-8-11/h1-2,5,8,12-14H,3-4,6-7,9-10H2/t12-,13-/m1/s1. The largest absolute Gasteiger partial charge is 0.317 e. The molecule has 0 saturated carbocycles. The molecule has 5 nitrogen and oxygen atoms in total. The summed E-state index contributed by atoms with van der Waals surface area (Å²) in [7, 11) is -3.14. The van der Waals surface area contributed by atoms with Crippen LogP contribution >= 0.6 is 0 Å². The van der Waals surface area contributed by atoms with Gasteiger partial charge in [-0.05, 0) is 43.5 Å². The van der Waals surface area contributed by atoms with E-state index < -0.39 is 10.0 Å². The van der Waals surface area contributed by atoms with Crippen LogP contribution < -0.4 is 5.32 Å². The quantitative estimate of drug-likeness (QED) is 0.862. The third-order valence-electron chi connectivity index (χ3n) is 4.09. The van der Waals surface area contributed by atoms with Crippen molar-refractivity contribution in [2.24, 2.45) is 5.92 Å². The minimum atomic E-state index is -3.14. The zero-order valence-corrected chi connectivity index (χ0v) is 11.6. The lowest BCUT2D eigenvalue weighted by Crippen LogP contribution is -2.30. The highest BCUT2D eigenvalue weighted by Crippen LogP contribution is 2.33. The molecule has 2 atom stereocenters. The first-order valence-electron chi connectivity index (χ1n) is 6.76. The predicted molar refractivity (Wildman–Crippen MR) is 72.9 cm³/mol. The van der Waals surface area contributed by atoms with E-state index in [-0.39, 0.29) is 11.2 Å². The number of sulfonamides is 1. The van der Waals surface area contributed by atoms with Crippen molar-refractivity contribution in [2.45, 2.75) is 24.6 Å². The number of pyridine rings is 1. The smallest absolute Gasteiger partial charge is 0.217 e. The van der Waals surface area contributed by atoms with Crippen LogP contribution in [0.3, 0.4) is 0 Å². The van der Waals surface area contributed by atoms with Gasteiger partial charge in [-0.1, -0.05) is 6.07 Å². The van der Waals surface area contributed by atoms with Crippen molar-refractivity contribution in [1.82, 2.24) is 14.6 Å². The maximum absolute atomic E-state index is 12.6. The molecule has 0 radical (unpaired) electrons. The molecule has 3 rings (SSSR count). The molecule has 0 amide bonds. The van der Waals surface area contributed by atoms with Gasteiger partial charge >= 0.3 is 0 Å². The van der Waals surface area contributed by atoms with Crippen LogP contribution in [0, 0.1) is 5.92 Å². The lowest BCUT2D eigenvalue weighted by molar-refractivity contribution is 0.379. The maximum Gasteiger partial charge on any atom is 0.217 e. The average Bonchev–Trinajstić information content (AvgIpc) is 2.60. The van der Waals surface area contributed by atoms with Crippen LogP contribution in [-0.4, -0.2) is 42.6 Å². The van der Waals surface area contributed by atoms with Crippen LogP contribution in [0.2, 0.25) is 0 Å². The van der Waals surface area contributed by atoms with Crippen LogP contribution in [0.1, 0.15) is 18.4 Å². The zero-order chi connectivity index (χ0) is 13.3. The van der Waals surface area contributed by atoms with Crippen molar-refractivity contribution in [3.63, 3.8) is 0 Å². The van der Waals surface area contributed by atoms with Gasteiger partial charge in [0.1, 0.15) is 0 Å². The Morgan fingerprint density at radius 2 is 2.21 bits per heavy atom. The molecule has 3 heterocycles. The molecule has 19 heavy (non-hydrogen) atoms. The molecule has 2 aliphatic rings. The molecule has 104 valence electrons. The molecular weight excluding hydrogens is 262 g/mol. The number of hydrogen-bond donors (Lipinski definition) is 1. The van der Waals surface area contributed by atoms with Crippen molar-refractivity contribution in [1.29, 1.82) is 0 Å². The van der Waals surface area contributed by atoms with Gasteiger partial charge in [0.2, 0.25) is 10.0 Å². The van der Waals surface area contributed by atoms with Gasteiger partial charge in [-0.25, -0.2) is 8.42 Å². The Hall–Kier alpha value is -0.980. The fourth-order valence-electron chi connectivity index (χ4n) is 3.09. The van der Waals surface area contributed by atoms with Gasteiger partial charge in [0.15, 0.2) is 0 Å². The number of nitrogens with zero attached hydrogens (tertiary/aromatic N) is 2. The third-order valence-corrected chi connectivity index (χ3v) is 6.47. The van der Waals surface area contributed by atoms with Crippen LogP contribution in [0.25, 0.3) is 0 Å². The Kier molecular flexibility index (Phi) is 3.56. The number of aromatic nitrogens is 1. The van der Waals surface area contributed by atoms with E-state index in [9.17, 15) is 8.42 Å². The van der Waals surface area contributed by atoms with Crippen LogP contribution in [0.4, 0.5) is 0 Å². The minimum absolute atomic E-state index is 0.195. The van der Waals surface area contributed by atoms with Gasteiger partial charge in [-0.15, -0.1) is 0 Å². The van der Waals surface area contributed by atoms with Gasteiger partial charge < -0.3 is 5.32 Å². The molecule has 2 aliphatic heterocycles. The summed E-state index contributed by atoms with van der Waals surface area (Å²) in [5, 5.41) is 3.09. The van der Waals surface area contributed by atoms with Gasteiger partial charge in [0, 0.05) is 25.5 Å². The van der Waals surface area contributed by atoms with Crippen LogP contribution in [0.5, 0.6) is 0 Å². The fraction of sp³-hybridized carbons (Fsp3) is 0.615. The molecule has 0 unspecified atom stereocenters. The van der Waals surface area contributed by atoms with Crippen molar-refractivity contribution >= 4 is 10.0 Å². The lowest BCUT2D eigenvalue weighted by atomic mass is 10.0. The summed E-state index contributed by atoms with van der Waals surface area (Å²) in [6.45, 7) is 2.85. The molecule has 6 heteroatoms. The summed E-state index contributed by atoms with van der Waals surface area (Å²) in [4.78, 5) is 4.05. The van der Waals surface area contributed by atoms with E-state index in [0.717, 1.165) is 31.5 Å². The topological polar surface area (TPSA) is 62.3 Å². The molecule has 2 saturated heterocycles. The first-order valence-corrected chi connectivity index (χ1v) is 8.27. The Morgan fingerprint density at radius 1 is 1.37 bits per heavy atom. The highest BCUT2D eigenvalue weighted by atomic mass is 32.2. The number of nitrogens with one attached hydrogen (secondary N) is 1. The summed E-state index contributed by atoms with van der Waals surface area (Å²) in [5.74, 6) is 0.275. The Morgan fingerprint density at radius 3 is 3.00 bits per heavy atom. The number of fused-ring (bicyclic) bond motifs is 1. The third kappa shape index (κ3) is 2.52. The lowest BCUT2D eigenvalue weighted by Gasteiger charge is -2.16. The van der Waals surface area contributed by atoms with E-state index in [0.29, 0.717) is 13.1 Å². The van der Waals surface area contributed by atoms with Crippen molar-refractivity contribution < 1.29 is 8.42 Å². The van der Waals surface area contributed by atoms with Gasteiger partial charge in [0.05, 0.1) is 5.25 Å². The molecule has 2 fully saturated rings. The van der Waals surface area contributed by atoms with Crippen molar-refractivity contribution in [2.75, 3.05) is 19.6 Å². The van der Waals surface area contributed by atoms with Crippen molar-refractivity contribution in [3.05, 3.63) is 30.1 Å². The van der Waals surface area contributed by atoms with Crippen LogP contribution in [-0.2, 0) is 16.6 Å². The summed E-state index contributed by atoms with van der Waals surface area (Å²) in [6.07, 6.45) is 5.13. The van der Waals surface area contributed by atoms with E-state index in [4.69, 9.17) is 0 Å². The Labute approximate surface area is 114 Å². The first-order chi connectivity index (χ1) is 9.18. The minimum Gasteiger partial charge on any atom is -0.317 e. The van der Waals surface area contributed by atoms with Gasteiger partial charge in [-0.3, -0.25) is 4.98 Å². The summed E-state index contributed by atoms with van der Waals surface area (Å²) in [5.41, 5.74) is 0.959. The molecule has 0 spiro atoms. The van der Waals surface area contributed by atoms with E-state index in [2.05, 4.69) is 10.3 Å². The predicted octanol–water partition coefficient (Wildman–Crippen LogP) is 0.595. The summed E-state index contributed by atoms with van der Waals surface area (Å²) in [6, 6.07) is 3.78. The van der Waals surface area contributed by atoms with E-state index in [1.807, 2.05) is 12.1 Å². The number of rotatable bonds is 2. The summed E-state index contributed by atoms with van der Waals surface area (Å²) >= 11 is 0. The number of hydrogen-bond acceptors (Lipinski definition) is 4. The van der Waals surface area contributed by atoms with Crippen LogP contribution in [0.15, 0.2) is 24.5 Å². The zero-order valence-electron chi connectivity index (χ0n) is 10.8. The summed E-state index contributed by atoms with van der Waals surface area (Å²) < 4.78 is 26.8. The van der Waals surface area contributed by atoms with Crippen molar-refractivity contribution in [3.8, 4) is 0 Å². The first kappa shape index (κ1) is 13.0. The monoisotopic (exact) mass is 281 g/mol. The van der Waals surface area contributed by atoms with Gasteiger partial charge in [-0.2, -0.15) is 4.31 Å². The Balaban J connectivity index is 1.80. The fourth-order valence-corrected chi connectivity index (χ4v) is 5.32. The van der Waals surface area contributed by atoms with Gasteiger partial charge in [0.25, 0.3) is 0 Å². The Bertz CT molecular complexity index is 532. The normalized spacial score (nSPS) is 30.7.